The van der Waals surface area contributed by atoms with Gasteiger partial charge in [-0.15, -0.1) is 22.9 Å². The number of halogens is 1. The van der Waals surface area contributed by atoms with Crippen LogP contribution in [0.15, 0.2) is 29.8 Å². The van der Waals surface area contributed by atoms with E-state index in [-0.39, 0.29) is 11.7 Å². The van der Waals surface area contributed by atoms with Gasteiger partial charge < -0.3 is 0 Å². The first-order valence-corrected chi connectivity index (χ1v) is 6.14. The van der Waals surface area contributed by atoms with Gasteiger partial charge in [0.15, 0.2) is 5.78 Å². The Morgan fingerprint density at radius 2 is 2.31 bits per heavy atom. The van der Waals surface area contributed by atoms with Gasteiger partial charge in [0.1, 0.15) is 5.69 Å². The normalized spacial score (nSPS) is 10.3. The minimum atomic E-state index is -0.134. The number of thiazole rings is 1. The summed E-state index contributed by atoms with van der Waals surface area (Å²) in [6.07, 6.45) is 2.40. The van der Waals surface area contributed by atoms with E-state index in [1.807, 2.05) is 18.2 Å². The van der Waals surface area contributed by atoms with E-state index in [9.17, 15) is 4.79 Å². The summed E-state index contributed by atoms with van der Waals surface area (Å²) in [4.78, 5) is 19.7. The van der Waals surface area contributed by atoms with Crippen LogP contribution in [0.2, 0.25) is 0 Å². The van der Waals surface area contributed by atoms with Crippen LogP contribution in [0.25, 0.3) is 0 Å². The molecule has 0 radical (unpaired) electrons. The van der Waals surface area contributed by atoms with Crippen LogP contribution in [-0.2, 0) is 6.42 Å². The summed E-state index contributed by atoms with van der Waals surface area (Å²) in [6.45, 7) is 0. The molecule has 0 fully saturated rings. The predicted octanol–water partition coefficient (Wildman–Crippen LogP) is 2.55. The number of hydrogen-bond acceptors (Lipinski definition) is 4. The Kier molecular flexibility index (Phi) is 3.64. The van der Waals surface area contributed by atoms with Crippen LogP contribution in [0.1, 0.15) is 21.2 Å². The summed E-state index contributed by atoms with van der Waals surface area (Å²) < 4.78 is 0. The van der Waals surface area contributed by atoms with Gasteiger partial charge in [0.05, 0.1) is 10.9 Å². The molecule has 2 rings (SSSR count). The second-order valence-corrected chi connectivity index (χ2v) is 4.39. The predicted molar refractivity (Wildman–Crippen MR) is 64.2 cm³/mol. The molecule has 0 unspecified atom stereocenters. The molecule has 0 saturated heterocycles. The summed E-state index contributed by atoms with van der Waals surface area (Å²) in [5, 5.41) is 2.62. The van der Waals surface area contributed by atoms with Crippen molar-refractivity contribution in [2.45, 2.75) is 6.42 Å². The second kappa shape index (κ2) is 5.18. The van der Waals surface area contributed by atoms with E-state index < -0.39 is 0 Å². The Balaban J connectivity index is 2.12. The first-order chi connectivity index (χ1) is 7.79. The first kappa shape index (κ1) is 11.2. The van der Waals surface area contributed by atoms with Gasteiger partial charge in [-0.25, -0.2) is 4.98 Å². The van der Waals surface area contributed by atoms with Crippen LogP contribution in [0.4, 0.5) is 0 Å². The van der Waals surface area contributed by atoms with Crippen molar-refractivity contribution in [3.05, 3.63) is 46.2 Å². The minimum Gasteiger partial charge on any atom is -0.291 e. The number of nitrogens with zero attached hydrogens (tertiary/aromatic N) is 2. The smallest absolute Gasteiger partial charge is 0.196 e. The quantitative estimate of drug-likeness (QED) is 0.620. The number of pyridine rings is 1. The molecule has 2 aromatic heterocycles. The monoisotopic (exact) mass is 252 g/mol. The van der Waals surface area contributed by atoms with Gasteiger partial charge in [-0.3, -0.25) is 9.78 Å². The lowest BCUT2D eigenvalue weighted by molar-refractivity contribution is 0.101. The molecule has 0 bridgehead atoms. The molecule has 16 heavy (non-hydrogen) atoms. The van der Waals surface area contributed by atoms with E-state index >= 15 is 0 Å². The third kappa shape index (κ3) is 2.65. The van der Waals surface area contributed by atoms with Crippen molar-refractivity contribution in [1.29, 1.82) is 0 Å². The Morgan fingerprint density at radius 1 is 1.44 bits per heavy atom. The molecule has 2 aromatic rings. The summed E-state index contributed by atoms with van der Waals surface area (Å²) in [5.41, 5.74) is 1.40. The zero-order valence-electron chi connectivity index (χ0n) is 8.39. The molecular weight excluding hydrogens is 244 g/mol. The molecule has 5 heteroatoms. The van der Waals surface area contributed by atoms with Crippen molar-refractivity contribution in [3.8, 4) is 0 Å². The molecule has 3 nitrogen and oxygen atoms in total. The van der Waals surface area contributed by atoms with Gasteiger partial charge in [-0.1, -0.05) is 6.07 Å². The number of ketones is 1. The average molecular weight is 253 g/mol. The fraction of sp³-hybridized carbons (Fsp3) is 0.182. The van der Waals surface area contributed by atoms with Gasteiger partial charge in [0, 0.05) is 23.7 Å². The van der Waals surface area contributed by atoms with E-state index in [0.29, 0.717) is 12.1 Å². The lowest BCUT2D eigenvalue weighted by atomic mass is 10.3. The lowest BCUT2D eigenvalue weighted by Gasteiger charge is -1.95. The van der Waals surface area contributed by atoms with E-state index in [1.165, 1.54) is 11.3 Å². The molecular formula is C11H9ClN2OS. The Bertz CT molecular complexity index is 484. The van der Waals surface area contributed by atoms with E-state index in [0.717, 1.165) is 10.7 Å². The highest BCUT2D eigenvalue weighted by Crippen LogP contribution is 2.14. The van der Waals surface area contributed by atoms with Gasteiger partial charge in [-0.2, -0.15) is 0 Å². The molecule has 0 spiro atoms. The molecule has 0 N–H and O–H groups in total. The lowest BCUT2D eigenvalue weighted by Crippen LogP contribution is -2.01. The topological polar surface area (TPSA) is 42.9 Å². The number of aromatic nitrogens is 2. The zero-order valence-corrected chi connectivity index (χ0v) is 9.96. The number of carbonyl (C=O) groups is 1. The summed E-state index contributed by atoms with van der Waals surface area (Å²) in [6, 6.07) is 5.74. The van der Waals surface area contributed by atoms with Crippen molar-refractivity contribution in [1.82, 2.24) is 9.97 Å². The molecule has 0 aliphatic carbocycles. The average Bonchev–Trinajstić information content (AvgIpc) is 2.78. The maximum atomic E-state index is 11.3. The van der Waals surface area contributed by atoms with Gasteiger partial charge >= 0.3 is 0 Å². The summed E-state index contributed by atoms with van der Waals surface area (Å²) >= 11 is 6.92. The van der Waals surface area contributed by atoms with Crippen LogP contribution < -0.4 is 0 Å². The summed E-state index contributed by atoms with van der Waals surface area (Å²) in [7, 11) is 0. The Labute approximate surface area is 102 Å². The molecule has 0 aromatic carbocycles. The van der Waals surface area contributed by atoms with Crippen molar-refractivity contribution in [2.24, 2.45) is 0 Å². The van der Waals surface area contributed by atoms with Crippen molar-refractivity contribution in [3.63, 3.8) is 0 Å². The molecule has 0 atom stereocenters. The fourth-order valence-corrected chi connectivity index (χ4v) is 2.20. The Morgan fingerprint density at radius 3 is 3.00 bits per heavy atom. The first-order valence-electron chi connectivity index (χ1n) is 4.73. The van der Waals surface area contributed by atoms with Crippen molar-refractivity contribution < 1.29 is 4.79 Å². The van der Waals surface area contributed by atoms with E-state index in [2.05, 4.69) is 9.97 Å². The van der Waals surface area contributed by atoms with Gasteiger partial charge in [0.25, 0.3) is 0 Å². The van der Waals surface area contributed by atoms with Gasteiger partial charge in [-0.05, 0) is 12.1 Å². The van der Waals surface area contributed by atoms with Crippen LogP contribution in [0.3, 0.4) is 0 Å². The number of hydrogen-bond donors (Lipinski definition) is 0. The second-order valence-electron chi connectivity index (χ2n) is 3.18. The highest BCUT2D eigenvalue weighted by Gasteiger charge is 2.09. The SMILES string of the molecule is O=C(CCl)c1csc(Cc2ccccn2)n1. The highest BCUT2D eigenvalue weighted by atomic mass is 35.5. The number of Topliss-reactive ketones (excluding diaryl/α,β-unsaturated/α-hetero) is 1. The number of carbonyl (C=O) groups excluding carboxylic acids is 1. The highest BCUT2D eigenvalue weighted by molar-refractivity contribution is 7.09. The number of alkyl halides is 1. The maximum absolute atomic E-state index is 11.3. The van der Waals surface area contributed by atoms with Crippen LogP contribution in [0.5, 0.6) is 0 Å². The van der Waals surface area contributed by atoms with E-state index in [1.54, 1.807) is 11.6 Å². The maximum Gasteiger partial charge on any atom is 0.196 e. The molecule has 0 amide bonds. The number of rotatable bonds is 4. The largest absolute Gasteiger partial charge is 0.291 e. The summed E-state index contributed by atoms with van der Waals surface area (Å²) in [5.74, 6) is -0.155. The fourth-order valence-electron chi connectivity index (χ4n) is 1.25. The zero-order chi connectivity index (χ0) is 11.4. The van der Waals surface area contributed by atoms with Crippen molar-refractivity contribution in [2.75, 3.05) is 5.88 Å². The van der Waals surface area contributed by atoms with Gasteiger partial charge in [0.2, 0.25) is 0 Å². The van der Waals surface area contributed by atoms with Crippen LogP contribution in [-0.4, -0.2) is 21.6 Å². The molecule has 0 aliphatic heterocycles. The third-order valence-electron chi connectivity index (χ3n) is 2.02. The molecule has 0 saturated carbocycles. The molecule has 0 aliphatic rings. The van der Waals surface area contributed by atoms with Crippen LogP contribution >= 0.6 is 22.9 Å². The molecule has 2 heterocycles. The Hall–Kier alpha value is -1.26. The third-order valence-corrected chi connectivity index (χ3v) is 3.11. The van der Waals surface area contributed by atoms with Crippen LogP contribution in [0, 0.1) is 0 Å². The molecule has 82 valence electrons. The standard InChI is InChI=1S/C11H9ClN2OS/c12-6-10(15)9-7-16-11(14-9)5-8-3-1-2-4-13-8/h1-4,7H,5-6H2. The minimum absolute atomic E-state index is 0.0211. The van der Waals surface area contributed by atoms with E-state index in [4.69, 9.17) is 11.6 Å². The van der Waals surface area contributed by atoms with Crippen molar-refractivity contribution >= 4 is 28.7 Å².